The van der Waals surface area contributed by atoms with Crippen molar-refractivity contribution >= 4 is 5.91 Å². The standard InChI is InChI=1S/C19H26N2O3/c1-4-19(22)20-11-15(2)24-18-7-5-6-16(10-18)12-21(3)13-17-8-9-23-14-17/h5-10,14-15H,4,11-13H2,1-3H3,(H,20,22)/t15-/m1/s1. The van der Waals surface area contributed by atoms with E-state index in [1.165, 1.54) is 5.56 Å². The highest BCUT2D eigenvalue weighted by atomic mass is 16.5. The minimum absolute atomic E-state index is 0.0417. The third kappa shape index (κ3) is 6.08. The fourth-order valence-corrected chi connectivity index (χ4v) is 2.44. The molecule has 1 N–H and O–H groups in total. The number of furan rings is 1. The van der Waals surface area contributed by atoms with E-state index in [1.54, 1.807) is 12.5 Å². The molecule has 24 heavy (non-hydrogen) atoms. The molecule has 0 bridgehead atoms. The fourth-order valence-electron chi connectivity index (χ4n) is 2.44. The van der Waals surface area contributed by atoms with Crippen molar-refractivity contribution in [3.05, 3.63) is 54.0 Å². The minimum atomic E-state index is -0.0700. The SMILES string of the molecule is CCC(=O)NC[C@@H](C)Oc1cccc(CN(C)Cc2ccoc2)c1. The Balaban J connectivity index is 1.85. The molecule has 0 unspecified atom stereocenters. The average molecular weight is 330 g/mol. The van der Waals surface area contributed by atoms with Crippen LogP contribution in [-0.2, 0) is 17.9 Å². The van der Waals surface area contributed by atoms with Gasteiger partial charge >= 0.3 is 0 Å². The van der Waals surface area contributed by atoms with Crippen LogP contribution in [0.1, 0.15) is 31.4 Å². The molecule has 0 spiro atoms. The number of nitrogens with zero attached hydrogens (tertiary/aromatic N) is 1. The second kappa shape index (κ2) is 9.13. The van der Waals surface area contributed by atoms with E-state index in [0.717, 1.165) is 24.4 Å². The van der Waals surface area contributed by atoms with Crippen LogP contribution >= 0.6 is 0 Å². The fraction of sp³-hybridized carbons (Fsp3) is 0.421. The molecule has 0 radical (unpaired) electrons. The van der Waals surface area contributed by atoms with Gasteiger partial charge in [-0.1, -0.05) is 19.1 Å². The Morgan fingerprint density at radius 1 is 1.29 bits per heavy atom. The lowest BCUT2D eigenvalue weighted by Crippen LogP contribution is -2.33. The molecule has 1 heterocycles. The van der Waals surface area contributed by atoms with Gasteiger partial charge in [0.05, 0.1) is 19.1 Å². The van der Waals surface area contributed by atoms with Gasteiger partial charge in [-0.15, -0.1) is 0 Å². The van der Waals surface area contributed by atoms with Crippen molar-refractivity contribution < 1.29 is 13.9 Å². The predicted octanol–water partition coefficient (Wildman–Crippen LogP) is 3.21. The predicted molar refractivity (Wildman–Crippen MR) is 93.7 cm³/mol. The summed E-state index contributed by atoms with van der Waals surface area (Å²) in [6.07, 6.45) is 3.88. The molecule has 1 atom stereocenters. The average Bonchev–Trinajstić information content (AvgIpc) is 3.05. The highest BCUT2D eigenvalue weighted by Gasteiger charge is 2.08. The monoisotopic (exact) mass is 330 g/mol. The molecular formula is C19H26N2O3. The lowest BCUT2D eigenvalue weighted by Gasteiger charge is -2.18. The van der Waals surface area contributed by atoms with Crippen LogP contribution in [-0.4, -0.2) is 30.5 Å². The molecule has 1 aromatic carbocycles. The van der Waals surface area contributed by atoms with Gasteiger partial charge in [0.2, 0.25) is 5.91 Å². The number of carbonyl (C=O) groups excluding carboxylic acids is 1. The lowest BCUT2D eigenvalue weighted by molar-refractivity contribution is -0.121. The van der Waals surface area contributed by atoms with Crippen molar-refractivity contribution in [2.75, 3.05) is 13.6 Å². The summed E-state index contributed by atoms with van der Waals surface area (Å²) in [5.74, 6) is 0.863. The number of nitrogens with one attached hydrogen (secondary N) is 1. The number of hydrogen-bond acceptors (Lipinski definition) is 4. The van der Waals surface area contributed by atoms with Crippen molar-refractivity contribution in [3.8, 4) is 5.75 Å². The molecule has 0 aliphatic heterocycles. The van der Waals surface area contributed by atoms with Gasteiger partial charge in [0.15, 0.2) is 0 Å². The first-order valence-corrected chi connectivity index (χ1v) is 8.28. The number of rotatable bonds is 9. The Labute approximate surface area is 143 Å². The quantitative estimate of drug-likeness (QED) is 0.767. The van der Waals surface area contributed by atoms with Gasteiger partial charge in [-0.3, -0.25) is 9.69 Å². The van der Waals surface area contributed by atoms with E-state index in [-0.39, 0.29) is 12.0 Å². The Morgan fingerprint density at radius 3 is 2.79 bits per heavy atom. The topological polar surface area (TPSA) is 54.7 Å². The van der Waals surface area contributed by atoms with Crippen LogP contribution in [0.5, 0.6) is 5.75 Å². The minimum Gasteiger partial charge on any atom is -0.489 e. The molecule has 0 aliphatic carbocycles. The van der Waals surface area contributed by atoms with E-state index in [9.17, 15) is 4.79 Å². The van der Waals surface area contributed by atoms with Crippen LogP contribution < -0.4 is 10.1 Å². The molecule has 1 aromatic heterocycles. The lowest BCUT2D eigenvalue weighted by atomic mass is 10.2. The zero-order valence-electron chi connectivity index (χ0n) is 14.6. The van der Waals surface area contributed by atoms with Crippen LogP contribution in [0.25, 0.3) is 0 Å². The molecule has 0 fully saturated rings. The molecule has 5 heteroatoms. The first-order valence-electron chi connectivity index (χ1n) is 8.28. The summed E-state index contributed by atoms with van der Waals surface area (Å²) in [5, 5.41) is 2.84. The van der Waals surface area contributed by atoms with Gasteiger partial charge in [0, 0.05) is 25.1 Å². The summed E-state index contributed by atoms with van der Waals surface area (Å²) < 4.78 is 11.0. The van der Waals surface area contributed by atoms with Crippen molar-refractivity contribution in [2.45, 2.75) is 39.5 Å². The van der Waals surface area contributed by atoms with Crippen LogP contribution in [0.2, 0.25) is 0 Å². The van der Waals surface area contributed by atoms with Crippen molar-refractivity contribution in [1.29, 1.82) is 0 Å². The molecule has 5 nitrogen and oxygen atoms in total. The molecule has 2 aromatic rings. The first kappa shape index (κ1) is 18.1. The van der Waals surface area contributed by atoms with E-state index in [4.69, 9.17) is 9.15 Å². The summed E-state index contributed by atoms with van der Waals surface area (Å²) in [7, 11) is 2.07. The van der Waals surface area contributed by atoms with E-state index in [2.05, 4.69) is 23.3 Å². The highest BCUT2D eigenvalue weighted by molar-refractivity contribution is 5.75. The molecular weight excluding hydrogens is 304 g/mol. The Morgan fingerprint density at radius 2 is 2.08 bits per heavy atom. The van der Waals surface area contributed by atoms with E-state index < -0.39 is 0 Å². The molecule has 0 saturated carbocycles. The molecule has 1 amide bonds. The number of ether oxygens (including phenoxy) is 1. The molecule has 130 valence electrons. The second-order valence-electron chi connectivity index (χ2n) is 6.04. The normalized spacial score (nSPS) is 12.2. The van der Waals surface area contributed by atoms with Gasteiger partial charge in [-0.25, -0.2) is 0 Å². The summed E-state index contributed by atoms with van der Waals surface area (Å²) >= 11 is 0. The Hall–Kier alpha value is -2.27. The van der Waals surface area contributed by atoms with Gasteiger partial charge in [0.1, 0.15) is 11.9 Å². The summed E-state index contributed by atoms with van der Waals surface area (Å²) in [6, 6.07) is 10.0. The van der Waals surface area contributed by atoms with Crippen molar-refractivity contribution in [3.63, 3.8) is 0 Å². The van der Waals surface area contributed by atoms with E-state index in [0.29, 0.717) is 13.0 Å². The maximum atomic E-state index is 11.3. The second-order valence-corrected chi connectivity index (χ2v) is 6.04. The zero-order chi connectivity index (χ0) is 17.4. The largest absolute Gasteiger partial charge is 0.489 e. The molecule has 0 aliphatic rings. The maximum Gasteiger partial charge on any atom is 0.219 e. The van der Waals surface area contributed by atoms with Gasteiger partial charge in [0.25, 0.3) is 0 Å². The van der Waals surface area contributed by atoms with Gasteiger partial charge in [-0.05, 0) is 37.7 Å². The third-order valence-corrected chi connectivity index (χ3v) is 3.63. The molecule has 2 rings (SSSR count). The van der Waals surface area contributed by atoms with Gasteiger partial charge < -0.3 is 14.5 Å². The highest BCUT2D eigenvalue weighted by Crippen LogP contribution is 2.17. The third-order valence-electron chi connectivity index (χ3n) is 3.63. The first-order chi connectivity index (χ1) is 11.6. The van der Waals surface area contributed by atoms with Crippen LogP contribution in [0.15, 0.2) is 47.3 Å². The van der Waals surface area contributed by atoms with Crippen LogP contribution in [0, 0.1) is 0 Å². The van der Waals surface area contributed by atoms with Crippen LogP contribution in [0.3, 0.4) is 0 Å². The summed E-state index contributed by atoms with van der Waals surface area (Å²) in [5.41, 5.74) is 2.34. The maximum absolute atomic E-state index is 11.3. The van der Waals surface area contributed by atoms with Crippen molar-refractivity contribution in [1.82, 2.24) is 10.2 Å². The number of amides is 1. The summed E-state index contributed by atoms with van der Waals surface area (Å²) in [6.45, 7) is 5.96. The zero-order valence-corrected chi connectivity index (χ0v) is 14.6. The number of hydrogen-bond donors (Lipinski definition) is 1. The summed E-state index contributed by atoms with van der Waals surface area (Å²) in [4.78, 5) is 13.5. The number of benzene rings is 1. The van der Waals surface area contributed by atoms with Crippen molar-refractivity contribution in [2.24, 2.45) is 0 Å². The van der Waals surface area contributed by atoms with Gasteiger partial charge in [-0.2, -0.15) is 0 Å². The van der Waals surface area contributed by atoms with E-state index >= 15 is 0 Å². The number of carbonyl (C=O) groups is 1. The Bertz CT molecular complexity index is 625. The smallest absolute Gasteiger partial charge is 0.219 e. The Kier molecular flexibility index (Phi) is 6.88. The molecule has 0 saturated heterocycles. The van der Waals surface area contributed by atoms with Crippen LogP contribution in [0.4, 0.5) is 0 Å². The van der Waals surface area contributed by atoms with E-state index in [1.807, 2.05) is 38.1 Å².